The molecule has 2 aliphatic heterocycles. The third-order valence-corrected chi connectivity index (χ3v) is 5.80. The Hall–Kier alpha value is -1.72. The van der Waals surface area contributed by atoms with Crippen LogP contribution < -0.4 is 4.74 Å². The molecule has 2 aromatic rings. The van der Waals surface area contributed by atoms with E-state index in [-0.39, 0.29) is 12.1 Å². The summed E-state index contributed by atoms with van der Waals surface area (Å²) in [6.07, 6.45) is 1.83. The Morgan fingerprint density at radius 1 is 1.29 bits per heavy atom. The number of thioether (sulfide) groups is 1. The highest BCUT2D eigenvalue weighted by atomic mass is 35.5. The second-order valence-electron chi connectivity index (χ2n) is 6.03. The van der Waals surface area contributed by atoms with Crippen molar-refractivity contribution in [1.82, 2.24) is 9.88 Å². The Morgan fingerprint density at radius 3 is 2.88 bits per heavy atom. The largest absolute Gasteiger partial charge is 0.495 e. The number of hydrogen-bond acceptors (Lipinski definition) is 5. The number of fused-ring (bicyclic) bond motifs is 1. The van der Waals surface area contributed by atoms with Gasteiger partial charge in [-0.1, -0.05) is 42.4 Å². The number of halogens is 1. The quantitative estimate of drug-likeness (QED) is 0.817. The average Bonchev–Trinajstić information content (AvgIpc) is 3.11. The summed E-state index contributed by atoms with van der Waals surface area (Å²) in [4.78, 5) is 11.9. The molecule has 0 radical (unpaired) electrons. The third-order valence-electron chi connectivity index (χ3n) is 4.40. The van der Waals surface area contributed by atoms with Crippen LogP contribution in [-0.4, -0.2) is 34.0 Å². The van der Waals surface area contributed by atoms with E-state index in [1.165, 1.54) is 0 Å². The second kappa shape index (κ2) is 6.30. The fourth-order valence-electron chi connectivity index (χ4n) is 3.34. The van der Waals surface area contributed by atoms with Crippen molar-refractivity contribution in [2.24, 2.45) is 4.99 Å². The molecule has 1 aromatic carbocycles. The Morgan fingerprint density at radius 2 is 2.17 bits per heavy atom. The predicted molar refractivity (Wildman–Crippen MR) is 98.9 cm³/mol. The van der Waals surface area contributed by atoms with Gasteiger partial charge >= 0.3 is 0 Å². The Balaban J connectivity index is 1.77. The summed E-state index contributed by atoms with van der Waals surface area (Å²) in [5.41, 5.74) is 2.13. The molecule has 4 rings (SSSR count). The van der Waals surface area contributed by atoms with Gasteiger partial charge in [0.25, 0.3) is 0 Å². The van der Waals surface area contributed by atoms with Crippen molar-refractivity contribution in [3.05, 3.63) is 58.9 Å². The number of amidine groups is 1. The molecule has 124 valence electrons. The van der Waals surface area contributed by atoms with Crippen LogP contribution in [0.5, 0.6) is 5.75 Å². The number of ether oxygens (including phenoxy) is 1. The van der Waals surface area contributed by atoms with Crippen molar-refractivity contribution in [3.63, 3.8) is 0 Å². The fraction of sp³-hybridized carbons (Fsp3) is 0.333. The molecule has 4 nitrogen and oxygen atoms in total. The molecule has 0 saturated carbocycles. The molecule has 1 fully saturated rings. The highest BCUT2D eigenvalue weighted by Gasteiger charge is 2.43. The number of rotatable bonds is 3. The van der Waals surface area contributed by atoms with Crippen LogP contribution in [0.4, 0.5) is 0 Å². The fourth-order valence-corrected chi connectivity index (χ4v) is 4.70. The molecule has 0 spiro atoms. The van der Waals surface area contributed by atoms with Gasteiger partial charge in [-0.3, -0.25) is 9.98 Å². The van der Waals surface area contributed by atoms with Gasteiger partial charge in [-0.05, 0) is 29.8 Å². The minimum absolute atomic E-state index is 0.00865. The zero-order valence-electron chi connectivity index (χ0n) is 13.5. The first-order chi connectivity index (χ1) is 11.7. The SMILES string of the molecule is COc1ccc([C@H]2[C@@H](c3ccccn3)N=C3S[C@@H](C)CN32)cc1Cl. The molecule has 0 N–H and O–H groups in total. The van der Waals surface area contributed by atoms with Crippen LogP contribution in [0.25, 0.3) is 0 Å². The van der Waals surface area contributed by atoms with E-state index >= 15 is 0 Å². The summed E-state index contributed by atoms with van der Waals surface area (Å²) >= 11 is 8.21. The van der Waals surface area contributed by atoms with E-state index in [1.54, 1.807) is 7.11 Å². The number of pyridine rings is 1. The maximum Gasteiger partial charge on any atom is 0.160 e. The van der Waals surface area contributed by atoms with Gasteiger partial charge in [0.2, 0.25) is 0 Å². The molecule has 0 unspecified atom stereocenters. The minimum atomic E-state index is -0.00865. The van der Waals surface area contributed by atoms with Crippen molar-refractivity contribution < 1.29 is 4.74 Å². The lowest BCUT2D eigenvalue weighted by molar-refractivity contribution is 0.321. The van der Waals surface area contributed by atoms with E-state index in [9.17, 15) is 0 Å². The van der Waals surface area contributed by atoms with Gasteiger partial charge in [-0.2, -0.15) is 0 Å². The monoisotopic (exact) mass is 359 g/mol. The lowest BCUT2D eigenvalue weighted by atomic mass is 9.96. The first-order valence-corrected chi connectivity index (χ1v) is 9.18. The first kappa shape index (κ1) is 15.8. The molecule has 0 amide bonds. The van der Waals surface area contributed by atoms with Crippen LogP contribution in [-0.2, 0) is 0 Å². The van der Waals surface area contributed by atoms with Crippen molar-refractivity contribution in [2.75, 3.05) is 13.7 Å². The van der Waals surface area contributed by atoms with Gasteiger partial charge in [0, 0.05) is 18.0 Å². The van der Waals surface area contributed by atoms with E-state index in [1.807, 2.05) is 48.3 Å². The normalized spacial score (nSPS) is 25.5. The van der Waals surface area contributed by atoms with Crippen molar-refractivity contribution in [3.8, 4) is 5.75 Å². The van der Waals surface area contributed by atoms with Crippen LogP contribution in [0.1, 0.15) is 30.3 Å². The number of methoxy groups -OCH3 is 1. The topological polar surface area (TPSA) is 37.7 Å². The average molecular weight is 360 g/mol. The maximum absolute atomic E-state index is 6.37. The molecule has 3 heterocycles. The van der Waals surface area contributed by atoms with Crippen LogP contribution in [0, 0.1) is 0 Å². The maximum atomic E-state index is 6.37. The highest BCUT2D eigenvalue weighted by Crippen LogP contribution is 2.48. The lowest BCUT2D eigenvalue weighted by Crippen LogP contribution is -2.28. The highest BCUT2D eigenvalue weighted by molar-refractivity contribution is 8.14. The van der Waals surface area contributed by atoms with E-state index in [2.05, 4.69) is 22.9 Å². The molecule has 1 saturated heterocycles. The van der Waals surface area contributed by atoms with Gasteiger partial charge in [-0.25, -0.2) is 0 Å². The number of nitrogens with zero attached hydrogens (tertiary/aromatic N) is 3. The van der Waals surface area contributed by atoms with E-state index in [4.69, 9.17) is 21.3 Å². The predicted octanol–water partition coefficient (Wildman–Crippen LogP) is 4.33. The number of aliphatic imine (C=N–C) groups is 1. The summed E-state index contributed by atoms with van der Waals surface area (Å²) in [6.45, 7) is 3.22. The molecule has 0 aliphatic carbocycles. The van der Waals surface area contributed by atoms with Crippen molar-refractivity contribution in [2.45, 2.75) is 24.3 Å². The van der Waals surface area contributed by atoms with Gasteiger partial charge in [0.1, 0.15) is 11.8 Å². The molecule has 1 aromatic heterocycles. The number of benzene rings is 1. The van der Waals surface area contributed by atoms with E-state index < -0.39 is 0 Å². The standard InChI is InChI=1S/C18H18ClN3OS/c1-11-10-22-17(12-6-7-15(23-2)13(19)9-12)16(21-18(22)24-11)14-5-3-4-8-20-14/h3-9,11,16-17H,10H2,1-2H3/t11-,16+,17-/m0/s1. The molecular formula is C18H18ClN3OS. The van der Waals surface area contributed by atoms with Crippen LogP contribution in [0.2, 0.25) is 5.02 Å². The molecule has 6 heteroatoms. The number of aromatic nitrogens is 1. The van der Waals surface area contributed by atoms with Gasteiger partial charge in [0.15, 0.2) is 5.17 Å². The van der Waals surface area contributed by atoms with Gasteiger partial charge in [-0.15, -0.1) is 0 Å². The van der Waals surface area contributed by atoms with Crippen molar-refractivity contribution >= 4 is 28.5 Å². The smallest absolute Gasteiger partial charge is 0.160 e. The van der Waals surface area contributed by atoms with Crippen LogP contribution in [0.3, 0.4) is 0 Å². The summed E-state index contributed by atoms with van der Waals surface area (Å²) in [5.74, 6) is 0.693. The van der Waals surface area contributed by atoms with Gasteiger partial charge in [0.05, 0.1) is 23.9 Å². The lowest BCUT2D eigenvalue weighted by Gasteiger charge is -2.27. The molecule has 24 heavy (non-hydrogen) atoms. The van der Waals surface area contributed by atoms with Crippen molar-refractivity contribution in [1.29, 1.82) is 0 Å². The second-order valence-corrected chi connectivity index (χ2v) is 7.84. The number of hydrogen-bond donors (Lipinski definition) is 0. The summed E-state index contributed by atoms with van der Waals surface area (Å²) in [6, 6.07) is 12.1. The Kier molecular flexibility index (Phi) is 4.14. The van der Waals surface area contributed by atoms with E-state index in [0.717, 1.165) is 23.0 Å². The molecule has 0 bridgehead atoms. The van der Waals surface area contributed by atoms with E-state index in [0.29, 0.717) is 16.0 Å². The van der Waals surface area contributed by atoms with Crippen LogP contribution >= 0.6 is 23.4 Å². The molecule has 3 atom stereocenters. The molecule has 2 aliphatic rings. The van der Waals surface area contributed by atoms with Gasteiger partial charge < -0.3 is 9.64 Å². The van der Waals surface area contributed by atoms with Crippen LogP contribution in [0.15, 0.2) is 47.6 Å². The molecular weight excluding hydrogens is 342 g/mol. The third kappa shape index (κ3) is 2.66. The first-order valence-electron chi connectivity index (χ1n) is 7.93. The summed E-state index contributed by atoms with van der Waals surface area (Å²) in [5, 5.41) is 2.28. The Bertz CT molecular complexity index is 783. The zero-order valence-corrected chi connectivity index (χ0v) is 15.1. The summed E-state index contributed by atoms with van der Waals surface area (Å²) < 4.78 is 5.29. The summed E-state index contributed by atoms with van der Waals surface area (Å²) in [7, 11) is 1.63. The Labute approximate surface area is 150 Å². The zero-order chi connectivity index (χ0) is 16.7. The minimum Gasteiger partial charge on any atom is -0.495 e.